The van der Waals surface area contributed by atoms with Crippen molar-refractivity contribution in [2.75, 3.05) is 6.61 Å². The number of aliphatic hydroxyl groups excluding tert-OH is 1. The molecule has 4 atom stereocenters. The van der Waals surface area contributed by atoms with Crippen molar-refractivity contribution in [2.24, 2.45) is 17.8 Å². The minimum Gasteiger partial charge on any atom is -0.394 e. The largest absolute Gasteiger partial charge is 0.394 e. The van der Waals surface area contributed by atoms with Gasteiger partial charge in [-0.1, -0.05) is 79.1 Å². The zero-order valence-electron chi connectivity index (χ0n) is 21.4. The lowest BCUT2D eigenvalue weighted by Crippen LogP contribution is -2.41. The predicted molar refractivity (Wildman–Crippen MR) is 98.4 cm³/mol. The Kier molecular flexibility index (Phi) is 7.52. The normalized spacial score (nSPS) is 25.0. The van der Waals surface area contributed by atoms with Crippen molar-refractivity contribution in [3.05, 3.63) is 0 Å². The van der Waals surface area contributed by atoms with Crippen LogP contribution in [0, 0.1) is 17.8 Å². The van der Waals surface area contributed by atoms with E-state index in [-0.39, 0.29) is 12.3 Å². The zero-order valence-corrected chi connectivity index (χ0v) is 15.4. The van der Waals surface area contributed by atoms with Gasteiger partial charge >= 0.3 is 0 Å². The molecule has 3 heteroatoms. The summed E-state index contributed by atoms with van der Waals surface area (Å²) < 4.78 is 46.3. The van der Waals surface area contributed by atoms with E-state index in [1.165, 1.54) is 19.3 Å². The Morgan fingerprint density at radius 1 is 0.957 bits per heavy atom. The van der Waals surface area contributed by atoms with Gasteiger partial charge in [-0.15, -0.1) is 0 Å². The van der Waals surface area contributed by atoms with E-state index < -0.39 is 31.5 Å². The van der Waals surface area contributed by atoms with Gasteiger partial charge in [0.1, 0.15) is 6.08 Å². The van der Waals surface area contributed by atoms with Gasteiger partial charge in [0, 0.05) is 6.85 Å². The van der Waals surface area contributed by atoms with Gasteiger partial charge in [0.2, 0.25) is 0 Å². The first kappa shape index (κ1) is 14.1. The van der Waals surface area contributed by atoms with Gasteiger partial charge < -0.3 is 15.3 Å². The number of hydrogen-bond donors (Lipinski definition) is 3. The van der Waals surface area contributed by atoms with Gasteiger partial charge in [-0.05, 0) is 31.0 Å². The highest BCUT2D eigenvalue weighted by molar-refractivity contribution is 4.81. The minimum atomic E-state index is -3.40. The molecule has 0 spiro atoms. The highest BCUT2D eigenvalue weighted by Crippen LogP contribution is 2.24. The third-order valence-corrected chi connectivity index (χ3v) is 4.46. The first-order chi connectivity index (χ1) is 13.0. The van der Waals surface area contributed by atoms with Crippen molar-refractivity contribution in [3.8, 4) is 0 Å². The molecule has 3 nitrogen and oxygen atoms in total. The van der Waals surface area contributed by atoms with Gasteiger partial charge in [0.05, 0.1) is 13.6 Å². The zero-order chi connectivity index (χ0) is 23.1. The molecule has 0 rings (SSSR count). The molecule has 0 radical (unpaired) electrons. The van der Waals surface area contributed by atoms with E-state index in [1.807, 2.05) is 6.92 Å². The summed E-state index contributed by atoms with van der Waals surface area (Å²) in [6.07, 6.45) is 0.587. The lowest BCUT2D eigenvalue weighted by atomic mass is 9.88. The summed E-state index contributed by atoms with van der Waals surface area (Å²) >= 11 is 0. The molecule has 0 heterocycles. The average molecular weight is 337 g/mol. The van der Waals surface area contributed by atoms with Crippen LogP contribution in [0.3, 0.4) is 0 Å². The molecule has 0 aromatic heterocycles. The SMILES string of the molecule is [2H]C([2H])([2H])[C@@](O)(C([2H])([2H])CC[C@H](C)CCC[C@H](C)CCCC(C)C)[C@]([2H])(O)CO. The van der Waals surface area contributed by atoms with E-state index in [9.17, 15) is 15.3 Å². The van der Waals surface area contributed by atoms with Gasteiger partial charge in [-0.2, -0.15) is 0 Å². The second-order valence-corrected chi connectivity index (χ2v) is 7.50. The fraction of sp³-hybridized carbons (Fsp3) is 1.00. The number of aliphatic hydroxyl groups is 3. The van der Waals surface area contributed by atoms with Gasteiger partial charge in [-0.3, -0.25) is 0 Å². The molecule has 0 aromatic rings. The molecular weight excluding hydrogens is 288 g/mol. The van der Waals surface area contributed by atoms with E-state index in [0.717, 1.165) is 25.2 Å². The Balaban J connectivity index is 4.70. The summed E-state index contributed by atoms with van der Waals surface area (Å²) in [5, 5.41) is 29.7. The third-order valence-electron chi connectivity index (χ3n) is 4.46. The monoisotopic (exact) mass is 336 g/mol. The van der Waals surface area contributed by atoms with Crippen LogP contribution < -0.4 is 0 Å². The van der Waals surface area contributed by atoms with Crippen LogP contribution in [-0.2, 0) is 0 Å². The molecule has 3 N–H and O–H groups in total. The fourth-order valence-corrected chi connectivity index (χ4v) is 2.69. The van der Waals surface area contributed by atoms with Crippen LogP contribution in [0.5, 0.6) is 0 Å². The Morgan fingerprint density at radius 3 is 1.87 bits per heavy atom. The Bertz CT molecular complexity index is 468. The second-order valence-electron chi connectivity index (χ2n) is 7.50. The molecule has 140 valence electrons. The van der Waals surface area contributed by atoms with E-state index in [1.54, 1.807) is 0 Å². The smallest absolute Gasteiger partial charge is 0.105 e. The van der Waals surface area contributed by atoms with Gasteiger partial charge in [0.25, 0.3) is 0 Å². The van der Waals surface area contributed by atoms with Crippen LogP contribution in [-0.4, -0.2) is 33.6 Å². The molecule has 0 bridgehead atoms. The average Bonchev–Trinajstić information content (AvgIpc) is 2.57. The summed E-state index contributed by atoms with van der Waals surface area (Å²) in [6, 6.07) is 0. The Hall–Kier alpha value is -0.120. The van der Waals surface area contributed by atoms with E-state index in [2.05, 4.69) is 20.8 Å². The summed E-state index contributed by atoms with van der Waals surface area (Å²) in [5.74, 6) is 1.47. The van der Waals surface area contributed by atoms with Crippen LogP contribution in [0.25, 0.3) is 0 Å². The topological polar surface area (TPSA) is 60.7 Å². The summed E-state index contributed by atoms with van der Waals surface area (Å²) in [7, 11) is 0. The fourth-order valence-electron chi connectivity index (χ4n) is 2.69. The van der Waals surface area contributed by atoms with E-state index >= 15 is 0 Å². The van der Waals surface area contributed by atoms with Crippen LogP contribution in [0.4, 0.5) is 0 Å². The maximum absolute atomic E-state index is 10.6. The maximum atomic E-state index is 10.6. The molecule has 0 saturated heterocycles. The van der Waals surface area contributed by atoms with Gasteiger partial charge in [-0.25, -0.2) is 0 Å². The first-order valence-corrected chi connectivity index (χ1v) is 9.07. The third kappa shape index (κ3) is 12.0. The summed E-state index contributed by atoms with van der Waals surface area (Å²) in [6.45, 7) is 3.88. The molecule has 0 fully saturated rings. The number of hydrogen-bond acceptors (Lipinski definition) is 3. The Labute approximate surface area is 152 Å². The first-order valence-electron chi connectivity index (χ1n) is 12.1. The van der Waals surface area contributed by atoms with Crippen LogP contribution in [0.2, 0.25) is 0 Å². The van der Waals surface area contributed by atoms with Crippen molar-refractivity contribution in [1.29, 1.82) is 0 Å². The molecule has 0 aliphatic rings. The number of rotatable bonds is 14. The standard InChI is InChI=1S/C20H42O3/c1-16(2)9-6-10-17(3)11-7-12-18(4)13-8-14-20(5,23)19(22)15-21/h16-19,21-23H,6-15H2,1-5H3/t17-,18-,19-,20-/m1/s1/i5D3,14D2,19D. The van der Waals surface area contributed by atoms with Crippen molar-refractivity contribution in [2.45, 2.75) is 104 Å². The maximum Gasteiger partial charge on any atom is 0.105 e. The minimum absolute atomic E-state index is 0.113. The second kappa shape index (κ2) is 12.3. The van der Waals surface area contributed by atoms with Crippen LogP contribution in [0.15, 0.2) is 0 Å². The highest BCUT2D eigenvalue weighted by Gasteiger charge is 2.29. The molecule has 0 amide bonds. The molecule has 23 heavy (non-hydrogen) atoms. The van der Waals surface area contributed by atoms with Crippen molar-refractivity contribution < 1.29 is 23.5 Å². The lowest BCUT2D eigenvalue weighted by Gasteiger charge is -2.28. The van der Waals surface area contributed by atoms with E-state index in [4.69, 9.17) is 8.22 Å². The molecular formula is C20H42O3. The molecule has 0 unspecified atom stereocenters. The van der Waals surface area contributed by atoms with Gasteiger partial charge in [0.15, 0.2) is 0 Å². The van der Waals surface area contributed by atoms with Crippen molar-refractivity contribution >= 4 is 0 Å². The van der Waals surface area contributed by atoms with E-state index in [0.29, 0.717) is 12.3 Å². The highest BCUT2D eigenvalue weighted by atomic mass is 16.4. The molecule has 0 aliphatic heterocycles. The lowest BCUT2D eigenvalue weighted by molar-refractivity contribution is -0.0886. The molecule has 0 aliphatic carbocycles. The Morgan fingerprint density at radius 2 is 1.43 bits per heavy atom. The van der Waals surface area contributed by atoms with Crippen molar-refractivity contribution in [3.63, 3.8) is 0 Å². The van der Waals surface area contributed by atoms with Crippen molar-refractivity contribution in [1.82, 2.24) is 0 Å². The summed E-state index contributed by atoms with van der Waals surface area (Å²) in [4.78, 5) is 0. The quantitative estimate of drug-likeness (QED) is 0.437. The van der Waals surface area contributed by atoms with Crippen LogP contribution >= 0.6 is 0 Å². The predicted octanol–water partition coefficient (Wildman–Crippen LogP) is 4.53. The summed E-state index contributed by atoms with van der Waals surface area (Å²) in [5.41, 5.74) is -3.40. The van der Waals surface area contributed by atoms with Crippen LogP contribution in [0.1, 0.15) is 101 Å². The molecule has 0 aromatic carbocycles. The molecule has 0 saturated carbocycles.